The zero-order chi connectivity index (χ0) is 14.4. The van der Waals surface area contributed by atoms with E-state index in [1.165, 1.54) is 6.20 Å². The van der Waals surface area contributed by atoms with Gasteiger partial charge in [-0.15, -0.1) is 0 Å². The lowest BCUT2D eigenvalue weighted by Crippen LogP contribution is -2.19. The second kappa shape index (κ2) is 7.09. The number of benzene rings is 1. The molecule has 0 bridgehead atoms. The van der Waals surface area contributed by atoms with Gasteiger partial charge in [0.2, 0.25) is 5.78 Å². The Balaban J connectivity index is 3.12. The fourth-order valence-corrected chi connectivity index (χ4v) is 1.86. The third-order valence-electron chi connectivity index (χ3n) is 2.21. The molecular weight excluding hydrogens is 310 g/mol. The van der Waals surface area contributed by atoms with Crippen molar-refractivity contribution < 1.29 is 14.3 Å². The molecule has 0 saturated heterocycles. The Kier molecular flexibility index (Phi) is 5.76. The molecule has 0 spiro atoms. The Labute approximate surface area is 121 Å². The molecule has 0 fully saturated rings. The number of ether oxygens (including phenoxy) is 1. The first-order valence-corrected chi connectivity index (χ1v) is 6.60. The third-order valence-corrected chi connectivity index (χ3v) is 2.71. The minimum Gasteiger partial charge on any atom is -0.462 e. The van der Waals surface area contributed by atoms with Gasteiger partial charge in [0.15, 0.2) is 0 Å². The van der Waals surface area contributed by atoms with Gasteiger partial charge in [-0.2, -0.15) is 0 Å². The molecule has 0 amide bonds. The van der Waals surface area contributed by atoms with Crippen LogP contribution in [0.2, 0.25) is 0 Å². The van der Waals surface area contributed by atoms with Gasteiger partial charge in [-0.1, -0.05) is 28.1 Å². The number of hydrogen-bond acceptors (Lipinski definition) is 4. The summed E-state index contributed by atoms with van der Waals surface area (Å²) < 4.78 is 5.70. The summed E-state index contributed by atoms with van der Waals surface area (Å²) in [6, 6.07) is 6.90. The molecule has 0 heterocycles. The van der Waals surface area contributed by atoms with Crippen molar-refractivity contribution in [2.45, 2.75) is 6.92 Å². The van der Waals surface area contributed by atoms with Gasteiger partial charge < -0.3 is 9.64 Å². The molecule has 0 radical (unpaired) electrons. The Bertz CT molecular complexity index is 509. The topological polar surface area (TPSA) is 46.6 Å². The zero-order valence-electron chi connectivity index (χ0n) is 11.1. The van der Waals surface area contributed by atoms with Crippen LogP contribution in [0.4, 0.5) is 0 Å². The number of halogens is 1. The molecular formula is C14H16BrNO3. The van der Waals surface area contributed by atoms with E-state index in [0.29, 0.717) is 5.56 Å². The van der Waals surface area contributed by atoms with Crippen molar-refractivity contribution >= 4 is 27.7 Å². The maximum Gasteiger partial charge on any atom is 0.343 e. The van der Waals surface area contributed by atoms with E-state index in [9.17, 15) is 9.59 Å². The highest BCUT2D eigenvalue weighted by Gasteiger charge is 2.21. The molecule has 4 nitrogen and oxygen atoms in total. The molecule has 1 aromatic rings. The SMILES string of the molecule is CCOC(=O)/C(=C\N(C)C)C(=O)c1cccc(Br)c1. The average molecular weight is 326 g/mol. The molecule has 1 rings (SSSR count). The fourth-order valence-electron chi connectivity index (χ4n) is 1.46. The van der Waals surface area contributed by atoms with E-state index in [2.05, 4.69) is 15.9 Å². The molecule has 0 aliphatic heterocycles. The monoisotopic (exact) mass is 325 g/mol. The Hall–Kier alpha value is -1.62. The van der Waals surface area contributed by atoms with Crippen molar-refractivity contribution in [3.05, 3.63) is 46.1 Å². The normalized spacial score (nSPS) is 11.1. The second-order valence-corrected chi connectivity index (χ2v) is 4.98. The molecule has 19 heavy (non-hydrogen) atoms. The molecule has 1 aromatic carbocycles. The molecule has 0 aromatic heterocycles. The van der Waals surface area contributed by atoms with E-state index in [1.807, 2.05) is 6.07 Å². The van der Waals surface area contributed by atoms with E-state index < -0.39 is 5.97 Å². The van der Waals surface area contributed by atoms with Crippen LogP contribution >= 0.6 is 15.9 Å². The number of esters is 1. The minimum absolute atomic E-state index is 0.0185. The Morgan fingerprint density at radius 2 is 2.05 bits per heavy atom. The van der Waals surface area contributed by atoms with Crippen LogP contribution in [0.25, 0.3) is 0 Å². The van der Waals surface area contributed by atoms with Crippen LogP contribution in [-0.2, 0) is 9.53 Å². The van der Waals surface area contributed by atoms with E-state index in [-0.39, 0.29) is 18.0 Å². The summed E-state index contributed by atoms with van der Waals surface area (Å²) >= 11 is 3.30. The molecule has 0 unspecified atom stereocenters. The number of nitrogens with zero attached hydrogens (tertiary/aromatic N) is 1. The summed E-state index contributed by atoms with van der Waals surface area (Å²) in [5.41, 5.74) is 0.459. The van der Waals surface area contributed by atoms with Gasteiger partial charge in [-0.3, -0.25) is 4.79 Å². The molecule has 0 aliphatic carbocycles. The van der Waals surface area contributed by atoms with Crippen LogP contribution in [0.5, 0.6) is 0 Å². The van der Waals surface area contributed by atoms with Crippen molar-refractivity contribution in [3.8, 4) is 0 Å². The number of carbonyl (C=O) groups is 2. The van der Waals surface area contributed by atoms with Gasteiger partial charge in [-0.05, 0) is 19.1 Å². The number of carbonyl (C=O) groups excluding carboxylic acids is 2. The highest BCUT2D eigenvalue weighted by Crippen LogP contribution is 2.16. The first-order chi connectivity index (χ1) is 8.95. The van der Waals surface area contributed by atoms with Gasteiger partial charge in [0.1, 0.15) is 5.57 Å². The number of rotatable bonds is 5. The van der Waals surface area contributed by atoms with E-state index in [1.54, 1.807) is 44.1 Å². The van der Waals surface area contributed by atoms with E-state index in [0.717, 1.165) is 4.47 Å². The lowest BCUT2D eigenvalue weighted by Gasteiger charge is -2.10. The predicted molar refractivity (Wildman–Crippen MR) is 76.9 cm³/mol. The van der Waals surface area contributed by atoms with Gasteiger partial charge in [0.25, 0.3) is 0 Å². The maximum atomic E-state index is 12.3. The molecule has 0 N–H and O–H groups in total. The van der Waals surface area contributed by atoms with Crippen LogP contribution in [0, 0.1) is 0 Å². The van der Waals surface area contributed by atoms with Crippen molar-refractivity contribution in [2.75, 3.05) is 20.7 Å². The van der Waals surface area contributed by atoms with Crippen LogP contribution in [0.3, 0.4) is 0 Å². The van der Waals surface area contributed by atoms with Gasteiger partial charge in [0.05, 0.1) is 6.61 Å². The summed E-state index contributed by atoms with van der Waals surface area (Å²) in [7, 11) is 3.49. The van der Waals surface area contributed by atoms with E-state index >= 15 is 0 Å². The first-order valence-electron chi connectivity index (χ1n) is 5.81. The third kappa shape index (κ3) is 4.52. The Morgan fingerprint density at radius 1 is 1.37 bits per heavy atom. The van der Waals surface area contributed by atoms with Gasteiger partial charge >= 0.3 is 5.97 Å². The van der Waals surface area contributed by atoms with Crippen molar-refractivity contribution in [3.63, 3.8) is 0 Å². The van der Waals surface area contributed by atoms with Crippen LogP contribution in [0.1, 0.15) is 17.3 Å². The molecule has 102 valence electrons. The van der Waals surface area contributed by atoms with Crippen molar-refractivity contribution in [1.82, 2.24) is 4.90 Å². The molecule has 0 atom stereocenters. The first kappa shape index (κ1) is 15.4. The van der Waals surface area contributed by atoms with Crippen molar-refractivity contribution in [1.29, 1.82) is 0 Å². The lowest BCUT2D eigenvalue weighted by atomic mass is 10.0. The van der Waals surface area contributed by atoms with Crippen LogP contribution < -0.4 is 0 Å². The summed E-state index contributed by atoms with van der Waals surface area (Å²) in [5.74, 6) is -0.963. The molecule has 5 heteroatoms. The second-order valence-electron chi connectivity index (χ2n) is 4.07. The van der Waals surface area contributed by atoms with Crippen LogP contribution in [-0.4, -0.2) is 37.4 Å². The van der Waals surface area contributed by atoms with Gasteiger partial charge in [-0.25, -0.2) is 4.79 Å². The standard InChI is InChI=1S/C14H16BrNO3/c1-4-19-14(18)12(9-16(2)3)13(17)10-6-5-7-11(15)8-10/h5-9H,4H2,1-3H3/b12-9-. The van der Waals surface area contributed by atoms with Crippen LogP contribution in [0.15, 0.2) is 40.5 Å². The smallest absolute Gasteiger partial charge is 0.343 e. The quantitative estimate of drug-likeness (QED) is 0.274. The maximum absolute atomic E-state index is 12.3. The lowest BCUT2D eigenvalue weighted by molar-refractivity contribution is -0.138. The highest BCUT2D eigenvalue weighted by atomic mass is 79.9. The summed E-state index contributed by atoms with van der Waals surface area (Å²) in [6.45, 7) is 1.93. The average Bonchev–Trinajstić information content (AvgIpc) is 2.35. The Morgan fingerprint density at radius 3 is 2.58 bits per heavy atom. The number of ketones is 1. The predicted octanol–water partition coefficient (Wildman–Crippen LogP) is 2.64. The highest BCUT2D eigenvalue weighted by molar-refractivity contribution is 9.10. The van der Waals surface area contributed by atoms with Crippen molar-refractivity contribution in [2.24, 2.45) is 0 Å². The van der Waals surface area contributed by atoms with Gasteiger partial charge in [0, 0.05) is 30.3 Å². The summed E-state index contributed by atoms with van der Waals surface area (Å²) in [4.78, 5) is 25.8. The minimum atomic E-state index is -0.610. The summed E-state index contributed by atoms with van der Waals surface area (Å²) in [6.07, 6.45) is 1.47. The van der Waals surface area contributed by atoms with E-state index in [4.69, 9.17) is 4.74 Å². The zero-order valence-corrected chi connectivity index (χ0v) is 12.7. The molecule has 0 aliphatic rings. The largest absolute Gasteiger partial charge is 0.462 e. The fraction of sp³-hybridized carbons (Fsp3) is 0.286. The number of Topliss-reactive ketones (excluding diaryl/α,β-unsaturated/α-hetero) is 1. The molecule has 0 saturated carbocycles. The summed E-state index contributed by atoms with van der Waals surface area (Å²) in [5, 5.41) is 0. The number of hydrogen-bond donors (Lipinski definition) is 0.